The SMILES string of the molecule is O=C(S)NN1CC=CN1. The van der Waals surface area contributed by atoms with E-state index >= 15 is 0 Å². The lowest BCUT2D eigenvalue weighted by Gasteiger charge is -2.14. The Bertz CT molecular complexity index is 139. The average Bonchev–Trinajstić information content (AvgIpc) is 2.15. The Labute approximate surface area is 58.3 Å². The zero-order valence-corrected chi connectivity index (χ0v) is 5.56. The Kier molecular flexibility index (Phi) is 1.96. The van der Waals surface area contributed by atoms with Crippen LogP contribution in [0.3, 0.4) is 0 Å². The molecule has 0 atom stereocenters. The third-order valence-electron chi connectivity index (χ3n) is 0.867. The molecule has 0 bridgehead atoms. The molecule has 0 spiro atoms. The predicted molar refractivity (Wildman–Crippen MR) is 36.5 cm³/mol. The third-order valence-corrected chi connectivity index (χ3v) is 0.967. The van der Waals surface area contributed by atoms with Crippen LogP contribution in [0.5, 0.6) is 0 Å². The van der Waals surface area contributed by atoms with Gasteiger partial charge in [0.05, 0.1) is 6.54 Å². The molecule has 0 radical (unpaired) electrons. The largest absolute Gasteiger partial charge is 0.309 e. The van der Waals surface area contributed by atoms with Gasteiger partial charge in [0.15, 0.2) is 0 Å². The van der Waals surface area contributed by atoms with Crippen molar-refractivity contribution in [3.05, 3.63) is 12.3 Å². The monoisotopic (exact) mass is 145 g/mol. The minimum absolute atomic E-state index is 0.369. The molecule has 1 aliphatic heterocycles. The third kappa shape index (κ3) is 1.95. The summed E-state index contributed by atoms with van der Waals surface area (Å²) in [5.74, 6) is 0. The van der Waals surface area contributed by atoms with Crippen LogP contribution in [0.25, 0.3) is 0 Å². The van der Waals surface area contributed by atoms with Crippen LogP contribution < -0.4 is 10.9 Å². The highest BCUT2D eigenvalue weighted by Crippen LogP contribution is 1.87. The molecule has 4 nitrogen and oxygen atoms in total. The van der Waals surface area contributed by atoms with Gasteiger partial charge in [-0.1, -0.05) is 12.6 Å². The molecule has 1 rings (SSSR count). The Balaban J connectivity index is 2.22. The highest BCUT2D eigenvalue weighted by atomic mass is 32.1. The summed E-state index contributed by atoms with van der Waals surface area (Å²) in [4.78, 5) is 10.2. The number of rotatable bonds is 1. The Morgan fingerprint density at radius 1 is 1.89 bits per heavy atom. The van der Waals surface area contributed by atoms with Crippen LogP contribution in [-0.2, 0) is 0 Å². The fraction of sp³-hybridized carbons (Fsp3) is 0.250. The lowest BCUT2D eigenvalue weighted by Crippen LogP contribution is -2.43. The van der Waals surface area contributed by atoms with E-state index in [4.69, 9.17) is 0 Å². The molecule has 2 N–H and O–H groups in total. The molecule has 0 saturated heterocycles. The van der Waals surface area contributed by atoms with Gasteiger partial charge in [0.2, 0.25) is 0 Å². The van der Waals surface area contributed by atoms with Gasteiger partial charge in [0, 0.05) is 6.20 Å². The summed E-state index contributed by atoms with van der Waals surface area (Å²) in [7, 11) is 0. The molecule has 0 aromatic heterocycles. The van der Waals surface area contributed by atoms with E-state index in [1.165, 1.54) is 5.12 Å². The van der Waals surface area contributed by atoms with E-state index in [0.717, 1.165) is 0 Å². The Morgan fingerprint density at radius 3 is 3.11 bits per heavy atom. The average molecular weight is 145 g/mol. The lowest BCUT2D eigenvalue weighted by atomic mass is 10.7. The number of carbonyl (C=O) groups excluding carboxylic acids is 1. The van der Waals surface area contributed by atoms with E-state index < -0.39 is 0 Å². The van der Waals surface area contributed by atoms with Gasteiger partial charge >= 0.3 is 0 Å². The minimum atomic E-state index is -0.369. The van der Waals surface area contributed by atoms with Gasteiger partial charge in [-0.15, -0.1) is 5.12 Å². The molecule has 0 saturated carbocycles. The van der Waals surface area contributed by atoms with Crippen molar-refractivity contribution in [2.24, 2.45) is 0 Å². The summed E-state index contributed by atoms with van der Waals surface area (Å²) in [5.41, 5.74) is 5.19. The molecule has 5 heteroatoms. The van der Waals surface area contributed by atoms with E-state index in [1.54, 1.807) is 6.20 Å². The molecule has 0 unspecified atom stereocenters. The molecule has 9 heavy (non-hydrogen) atoms. The fourth-order valence-corrected chi connectivity index (χ4v) is 0.668. The first-order valence-corrected chi connectivity index (χ1v) is 2.92. The van der Waals surface area contributed by atoms with Crippen LogP contribution in [0.2, 0.25) is 0 Å². The Morgan fingerprint density at radius 2 is 2.67 bits per heavy atom. The van der Waals surface area contributed by atoms with Crippen molar-refractivity contribution in [3.8, 4) is 0 Å². The molecular weight excluding hydrogens is 138 g/mol. The Hall–Kier alpha value is -0.680. The summed E-state index contributed by atoms with van der Waals surface area (Å²) < 4.78 is 0. The first-order chi connectivity index (χ1) is 4.29. The van der Waals surface area contributed by atoms with E-state index in [2.05, 4.69) is 23.5 Å². The zero-order chi connectivity index (χ0) is 6.69. The molecule has 0 aromatic carbocycles. The highest BCUT2D eigenvalue weighted by Gasteiger charge is 2.04. The summed E-state index contributed by atoms with van der Waals surface area (Å²) in [6.07, 6.45) is 3.62. The number of hydrogen-bond acceptors (Lipinski definition) is 3. The van der Waals surface area contributed by atoms with E-state index in [9.17, 15) is 4.79 Å². The van der Waals surface area contributed by atoms with Crippen LogP contribution in [0.1, 0.15) is 0 Å². The van der Waals surface area contributed by atoms with Gasteiger partial charge in [-0.3, -0.25) is 10.2 Å². The zero-order valence-electron chi connectivity index (χ0n) is 4.66. The molecule has 1 amide bonds. The second kappa shape index (κ2) is 2.75. The van der Waals surface area contributed by atoms with Crippen LogP contribution in [0, 0.1) is 0 Å². The summed E-state index contributed by atoms with van der Waals surface area (Å²) in [6.45, 7) is 0.673. The number of hydrazine groups is 2. The van der Waals surface area contributed by atoms with Crippen molar-refractivity contribution in [1.82, 2.24) is 16.0 Å². The molecule has 0 aliphatic carbocycles. The van der Waals surface area contributed by atoms with Gasteiger partial charge in [0.25, 0.3) is 5.24 Å². The van der Waals surface area contributed by atoms with Gasteiger partial charge in [-0.25, -0.2) is 0 Å². The van der Waals surface area contributed by atoms with Gasteiger partial charge in [-0.05, 0) is 6.08 Å². The molecule has 0 fully saturated rings. The van der Waals surface area contributed by atoms with Crippen LogP contribution >= 0.6 is 12.6 Å². The number of nitrogens with zero attached hydrogens (tertiary/aromatic N) is 1. The number of amides is 1. The first kappa shape index (κ1) is 6.44. The van der Waals surface area contributed by atoms with E-state index in [-0.39, 0.29) is 5.24 Å². The van der Waals surface area contributed by atoms with E-state index in [1.807, 2.05) is 6.08 Å². The molecule has 50 valence electrons. The summed E-state index contributed by atoms with van der Waals surface area (Å²) in [6, 6.07) is 0. The fourth-order valence-electron chi connectivity index (χ4n) is 0.547. The molecule has 1 heterocycles. The number of carbonyl (C=O) groups is 1. The van der Waals surface area contributed by atoms with Gasteiger partial charge in [-0.2, -0.15) is 0 Å². The minimum Gasteiger partial charge on any atom is -0.309 e. The second-order valence-corrected chi connectivity index (χ2v) is 1.97. The van der Waals surface area contributed by atoms with Crippen molar-refractivity contribution in [2.75, 3.05) is 6.54 Å². The predicted octanol–water partition coefficient (Wildman–Crippen LogP) is -0.125. The van der Waals surface area contributed by atoms with Crippen LogP contribution in [-0.4, -0.2) is 16.9 Å². The van der Waals surface area contributed by atoms with Crippen molar-refractivity contribution in [1.29, 1.82) is 0 Å². The number of thiol groups is 1. The van der Waals surface area contributed by atoms with Crippen LogP contribution in [0.15, 0.2) is 12.3 Å². The van der Waals surface area contributed by atoms with Crippen molar-refractivity contribution in [3.63, 3.8) is 0 Å². The van der Waals surface area contributed by atoms with Crippen molar-refractivity contribution >= 4 is 17.9 Å². The first-order valence-electron chi connectivity index (χ1n) is 2.47. The standard InChI is InChI=1S/C4H7N3OS/c8-4(9)6-7-3-1-2-5-7/h1-2,5H,3H2,(H2,6,8,9). The maximum atomic E-state index is 10.2. The number of hydrogen-bond donors (Lipinski definition) is 3. The smallest absolute Gasteiger partial charge is 0.291 e. The van der Waals surface area contributed by atoms with E-state index in [0.29, 0.717) is 6.54 Å². The van der Waals surface area contributed by atoms with Crippen molar-refractivity contribution in [2.45, 2.75) is 0 Å². The van der Waals surface area contributed by atoms with Crippen molar-refractivity contribution < 1.29 is 4.79 Å². The second-order valence-electron chi connectivity index (χ2n) is 1.56. The molecule has 1 aliphatic rings. The number of nitrogens with one attached hydrogen (secondary N) is 2. The maximum absolute atomic E-state index is 10.2. The summed E-state index contributed by atoms with van der Waals surface area (Å²) in [5, 5.41) is 1.15. The van der Waals surface area contributed by atoms with Gasteiger partial charge in [0.1, 0.15) is 0 Å². The quantitative estimate of drug-likeness (QED) is 0.450. The molecular formula is C4H7N3OS. The van der Waals surface area contributed by atoms with Gasteiger partial charge < -0.3 is 5.43 Å². The maximum Gasteiger partial charge on any atom is 0.291 e. The lowest BCUT2D eigenvalue weighted by molar-refractivity contribution is 0.185. The topological polar surface area (TPSA) is 44.4 Å². The van der Waals surface area contributed by atoms with Crippen LogP contribution in [0.4, 0.5) is 4.79 Å². The summed E-state index contributed by atoms with van der Waals surface area (Å²) >= 11 is 3.51. The highest BCUT2D eigenvalue weighted by molar-refractivity contribution is 7.96. The molecule has 0 aromatic rings. The normalized spacial score (nSPS) is 17.4.